The smallest absolute Gasteiger partial charge is 0.324 e. The molecule has 1 saturated carbocycles. The molecule has 3 aliphatic rings. The molecule has 0 bridgehead atoms. The Balaban J connectivity index is 1.31. The number of allylic oxidation sites excluding steroid dienone is 1. The first-order valence-electron chi connectivity index (χ1n) is 16.0. The van der Waals surface area contributed by atoms with Gasteiger partial charge in [-0.15, -0.1) is 0 Å². The van der Waals surface area contributed by atoms with Gasteiger partial charge in [0, 0.05) is 0 Å². The summed E-state index contributed by atoms with van der Waals surface area (Å²) in [5, 5.41) is 0. The van der Waals surface area contributed by atoms with E-state index in [2.05, 4.69) is 6.92 Å². The van der Waals surface area contributed by atoms with Crippen LogP contribution in [0, 0.1) is 10.8 Å². The van der Waals surface area contributed by atoms with Crippen molar-refractivity contribution in [2.24, 2.45) is 10.8 Å². The minimum atomic E-state index is -1.61. The van der Waals surface area contributed by atoms with E-state index in [-0.39, 0.29) is 37.9 Å². The molecule has 0 spiro atoms. The highest BCUT2D eigenvalue weighted by atomic mass is 16.6. The summed E-state index contributed by atoms with van der Waals surface area (Å²) in [7, 11) is 0. The zero-order chi connectivity index (χ0) is 32.6. The van der Waals surface area contributed by atoms with Gasteiger partial charge in [-0.1, -0.05) is 116 Å². The van der Waals surface area contributed by atoms with Crippen LogP contribution in [0.2, 0.25) is 0 Å². The van der Waals surface area contributed by atoms with E-state index in [0.717, 1.165) is 27.8 Å². The Kier molecular flexibility index (Phi) is 7.84. The molecule has 4 aromatic carbocycles. The Morgan fingerprint density at radius 3 is 1.68 bits per heavy atom. The van der Waals surface area contributed by atoms with Crippen LogP contribution >= 0.6 is 0 Å². The van der Waals surface area contributed by atoms with Crippen LogP contribution in [0.5, 0.6) is 0 Å². The summed E-state index contributed by atoms with van der Waals surface area (Å²) in [6.07, 6.45) is 1.32. The number of ether oxygens (including phenoxy) is 2. The van der Waals surface area contributed by atoms with Gasteiger partial charge in [-0.3, -0.25) is 24.1 Å². The third-order valence-electron chi connectivity index (χ3n) is 9.96. The van der Waals surface area contributed by atoms with Crippen molar-refractivity contribution in [3.63, 3.8) is 0 Å². The predicted octanol–water partition coefficient (Wildman–Crippen LogP) is 7.17. The molecule has 47 heavy (non-hydrogen) atoms. The van der Waals surface area contributed by atoms with E-state index < -0.39 is 28.8 Å². The van der Waals surface area contributed by atoms with Crippen molar-refractivity contribution in [2.45, 2.75) is 51.9 Å². The number of hydrogen-bond acceptors (Lipinski definition) is 6. The van der Waals surface area contributed by atoms with Crippen LogP contribution in [0.25, 0.3) is 5.57 Å². The van der Waals surface area contributed by atoms with Crippen molar-refractivity contribution in [3.8, 4) is 0 Å². The van der Waals surface area contributed by atoms with Gasteiger partial charge < -0.3 is 9.47 Å². The molecule has 0 unspecified atom stereocenters. The highest BCUT2D eigenvalue weighted by molar-refractivity contribution is 6.22. The van der Waals surface area contributed by atoms with Crippen molar-refractivity contribution >= 4 is 29.3 Å². The van der Waals surface area contributed by atoms with Gasteiger partial charge in [-0.05, 0) is 65.5 Å². The maximum atomic E-state index is 14.2. The Morgan fingerprint density at radius 2 is 1.17 bits per heavy atom. The molecule has 7 nitrogen and oxygen atoms in total. The van der Waals surface area contributed by atoms with Crippen molar-refractivity contribution in [2.75, 3.05) is 0 Å². The van der Waals surface area contributed by atoms with Crippen molar-refractivity contribution in [1.29, 1.82) is 0 Å². The summed E-state index contributed by atoms with van der Waals surface area (Å²) in [6, 6.07) is 34.7. The molecule has 1 heterocycles. The standard InChI is InChI=1S/C40H35NO6/c1-39-22-21-33(41-35(42)30-19-11-12-20-31(30)36(41)43)34(29-17-9-4-10-18-29)32(39)23-40(26-39,37(44)46-24-27-13-5-2-6-14-27)38(45)47-25-28-15-7-3-8-16-28/h2-20,33H,21-26H2,1H3/t33-,39-/m0/s1. The highest BCUT2D eigenvalue weighted by Gasteiger charge is 2.62. The molecule has 0 N–H and O–H groups in total. The molecule has 2 amide bonds. The molecular formula is C40H35NO6. The molecule has 1 fully saturated rings. The average Bonchev–Trinajstić information content (AvgIpc) is 3.57. The van der Waals surface area contributed by atoms with E-state index in [0.29, 0.717) is 24.0 Å². The number of fused-ring (bicyclic) bond motifs is 2. The summed E-state index contributed by atoms with van der Waals surface area (Å²) in [4.78, 5) is 57.4. The van der Waals surface area contributed by atoms with Gasteiger partial charge >= 0.3 is 11.9 Å². The average molecular weight is 626 g/mol. The molecule has 2 aliphatic carbocycles. The van der Waals surface area contributed by atoms with Crippen molar-refractivity contribution in [3.05, 3.63) is 149 Å². The number of benzene rings is 4. The lowest BCUT2D eigenvalue weighted by atomic mass is 9.69. The van der Waals surface area contributed by atoms with Gasteiger partial charge in [0.1, 0.15) is 13.2 Å². The van der Waals surface area contributed by atoms with Gasteiger partial charge in [0.05, 0.1) is 17.2 Å². The minimum Gasteiger partial charge on any atom is -0.460 e. The second-order valence-corrected chi connectivity index (χ2v) is 13.0. The van der Waals surface area contributed by atoms with E-state index in [1.54, 1.807) is 24.3 Å². The van der Waals surface area contributed by atoms with Crippen LogP contribution in [-0.4, -0.2) is 34.7 Å². The molecule has 4 aromatic rings. The topological polar surface area (TPSA) is 90.0 Å². The number of rotatable bonds is 8. The first-order chi connectivity index (χ1) is 22.8. The fourth-order valence-corrected chi connectivity index (χ4v) is 7.64. The van der Waals surface area contributed by atoms with E-state index in [1.807, 2.05) is 91.0 Å². The Hall–Kier alpha value is -5.30. The molecule has 0 radical (unpaired) electrons. The highest BCUT2D eigenvalue weighted by Crippen LogP contribution is 2.62. The van der Waals surface area contributed by atoms with Crippen LogP contribution in [0.15, 0.2) is 121 Å². The third kappa shape index (κ3) is 5.35. The van der Waals surface area contributed by atoms with Gasteiger partial charge in [0.2, 0.25) is 0 Å². The van der Waals surface area contributed by atoms with Crippen LogP contribution in [-0.2, 0) is 32.3 Å². The number of carbonyl (C=O) groups excluding carboxylic acids is 4. The number of hydrogen-bond donors (Lipinski definition) is 0. The van der Waals surface area contributed by atoms with Gasteiger partial charge in [-0.25, -0.2) is 0 Å². The van der Waals surface area contributed by atoms with Crippen LogP contribution in [0.3, 0.4) is 0 Å². The lowest BCUT2D eigenvalue weighted by Gasteiger charge is -2.41. The molecule has 1 aliphatic heterocycles. The predicted molar refractivity (Wildman–Crippen MR) is 176 cm³/mol. The minimum absolute atomic E-state index is 0.0202. The third-order valence-corrected chi connectivity index (χ3v) is 9.96. The molecule has 0 saturated heterocycles. The van der Waals surface area contributed by atoms with E-state index >= 15 is 0 Å². The van der Waals surface area contributed by atoms with Crippen molar-refractivity contribution in [1.82, 2.24) is 4.90 Å². The lowest BCUT2D eigenvalue weighted by Crippen LogP contribution is -2.44. The summed E-state index contributed by atoms with van der Waals surface area (Å²) in [5.41, 5.74) is 2.74. The normalized spacial score (nSPS) is 21.3. The molecule has 7 rings (SSSR count). The molecule has 0 aromatic heterocycles. The van der Waals surface area contributed by atoms with Crippen LogP contribution in [0.4, 0.5) is 0 Å². The SMILES string of the molecule is C[C@@]12CC[C@H](N3C(=O)c4ccccc4C3=O)C(c3ccccc3)=C1CC(C(=O)OCc1ccccc1)(C(=O)OCc1ccccc1)C2. The number of imide groups is 1. The maximum Gasteiger partial charge on any atom is 0.324 e. The summed E-state index contributed by atoms with van der Waals surface area (Å²) >= 11 is 0. The van der Waals surface area contributed by atoms with E-state index in [9.17, 15) is 19.2 Å². The zero-order valence-corrected chi connectivity index (χ0v) is 26.2. The molecule has 7 heteroatoms. The second kappa shape index (κ2) is 12.1. The summed E-state index contributed by atoms with van der Waals surface area (Å²) < 4.78 is 11.8. The lowest BCUT2D eigenvalue weighted by molar-refractivity contribution is -0.174. The summed E-state index contributed by atoms with van der Waals surface area (Å²) in [6.45, 7) is 2.11. The van der Waals surface area contributed by atoms with Gasteiger partial charge in [0.25, 0.3) is 11.8 Å². The van der Waals surface area contributed by atoms with E-state index in [4.69, 9.17) is 9.47 Å². The molecule has 2 atom stereocenters. The fraction of sp³-hybridized carbons (Fsp3) is 0.250. The van der Waals surface area contributed by atoms with E-state index in [1.165, 1.54) is 4.90 Å². The largest absolute Gasteiger partial charge is 0.460 e. The number of carbonyl (C=O) groups is 4. The molecule has 236 valence electrons. The maximum absolute atomic E-state index is 14.2. The zero-order valence-electron chi connectivity index (χ0n) is 26.2. The number of amides is 2. The Bertz CT molecular complexity index is 1790. The van der Waals surface area contributed by atoms with Crippen LogP contribution in [0.1, 0.15) is 70.0 Å². The molecular weight excluding hydrogens is 590 g/mol. The van der Waals surface area contributed by atoms with Crippen LogP contribution < -0.4 is 0 Å². The van der Waals surface area contributed by atoms with Crippen molar-refractivity contribution < 1.29 is 28.7 Å². The number of esters is 2. The number of nitrogens with zero attached hydrogens (tertiary/aromatic N) is 1. The first-order valence-corrected chi connectivity index (χ1v) is 16.0. The van der Waals surface area contributed by atoms with Gasteiger partial charge in [-0.2, -0.15) is 0 Å². The van der Waals surface area contributed by atoms with Gasteiger partial charge in [0.15, 0.2) is 5.41 Å². The first kappa shape index (κ1) is 30.4. The second-order valence-electron chi connectivity index (χ2n) is 13.0. The monoisotopic (exact) mass is 625 g/mol. The fourth-order valence-electron chi connectivity index (χ4n) is 7.64. The summed E-state index contributed by atoms with van der Waals surface area (Å²) in [5.74, 6) is -1.93. The quantitative estimate of drug-likeness (QED) is 0.117. The Morgan fingerprint density at radius 1 is 0.702 bits per heavy atom. The Labute approximate surface area is 273 Å².